The molecule has 0 fully saturated rings. The first-order valence-electron chi connectivity index (χ1n) is 20.6. The fraction of sp³-hybridized carbons (Fsp3) is 0.353. The SMILES string of the molecule is COc1cc2c(cc1OCCCOc1cc3c(cc1C)C(=O)N1C=C(c4cc[c-]cc4)C[C@H]1CC3)N=C[C@@H]1CC(c3ccccc3)=CN1C2=O.[CH2-]CCCC(C)(C)C.[CH3-].[U].[Y]. The van der Waals surface area contributed by atoms with Crippen LogP contribution in [-0.2, 0) is 39.1 Å². The minimum Gasteiger partial charge on any atom is -0.493 e. The number of aliphatic imine (C=N–C) groups is 1. The molecule has 0 N–H and O–H groups in total. The normalized spacial score (nSPS) is 17.2. The minimum absolute atomic E-state index is 0. The smallest absolute Gasteiger partial charge is 0.260 e. The zero-order chi connectivity index (χ0) is 40.8. The Morgan fingerprint density at radius 3 is 2.15 bits per heavy atom. The van der Waals surface area contributed by atoms with E-state index < -0.39 is 0 Å². The summed E-state index contributed by atoms with van der Waals surface area (Å²) in [5.74, 6) is 1.74. The molecule has 0 bridgehead atoms. The molecule has 1 radical (unpaired) electrons. The number of carbonyl (C=O) groups is 2. The first kappa shape index (κ1) is 50.2. The van der Waals surface area contributed by atoms with Crippen molar-refractivity contribution in [3.8, 4) is 17.2 Å². The number of hydrogen-bond acceptors (Lipinski definition) is 6. The molecule has 0 aromatic heterocycles. The van der Waals surface area contributed by atoms with Crippen molar-refractivity contribution in [2.24, 2.45) is 10.4 Å². The van der Waals surface area contributed by atoms with Crippen LogP contribution < -0.4 is 14.2 Å². The monoisotopic (exact) mass is 1120 g/mol. The maximum atomic E-state index is 13.7. The van der Waals surface area contributed by atoms with Crippen molar-refractivity contribution in [3.05, 3.63) is 145 Å². The van der Waals surface area contributed by atoms with Crippen LogP contribution in [0.3, 0.4) is 0 Å². The predicted octanol–water partition coefficient (Wildman–Crippen LogP) is 11.3. The van der Waals surface area contributed by atoms with Crippen LogP contribution in [0, 0.1) is 63.9 Å². The second-order valence-electron chi connectivity index (χ2n) is 16.7. The molecule has 2 amide bonds. The van der Waals surface area contributed by atoms with E-state index in [0.29, 0.717) is 54.2 Å². The van der Waals surface area contributed by atoms with Crippen molar-refractivity contribution in [2.75, 3.05) is 20.3 Å². The Balaban J connectivity index is 0.000000680. The molecular formula is C51H58N3O5UY-3. The zero-order valence-corrected chi connectivity index (χ0v) is 43.6. The number of ether oxygens (including phenoxy) is 3. The van der Waals surface area contributed by atoms with Gasteiger partial charge in [0.25, 0.3) is 11.8 Å². The maximum absolute atomic E-state index is 13.7. The molecule has 0 aliphatic carbocycles. The van der Waals surface area contributed by atoms with Gasteiger partial charge in [-0.2, -0.15) is 36.8 Å². The van der Waals surface area contributed by atoms with E-state index in [0.717, 1.165) is 64.8 Å². The van der Waals surface area contributed by atoms with Gasteiger partial charge in [0.1, 0.15) is 5.75 Å². The molecule has 0 unspecified atom stereocenters. The molecule has 10 heteroatoms. The fourth-order valence-electron chi connectivity index (χ4n) is 7.99. The molecule has 317 valence electrons. The molecule has 0 saturated carbocycles. The summed E-state index contributed by atoms with van der Waals surface area (Å²) in [4.78, 5) is 35.7. The Labute approximate surface area is 412 Å². The summed E-state index contributed by atoms with van der Waals surface area (Å²) in [6.45, 7) is 13.4. The van der Waals surface area contributed by atoms with Gasteiger partial charge in [0.05, 0.1) is 37.6 Å². The molecule has 61 heavy (non-hydrogen) atoms. The van der Waals surface area contributed by atoms with Gasteiger partial charge in [-0.1, -0.05) is 63.9 Å². The molecule has 8 nitrogen and oxygen atoms in total. The molecule has 4 aliphatic heterocycles. The van der Waals surface area contributed by atoms with Crippen LogP contribution in [0.5, 0.6) is 17.2 Å². The van der Waals surface area contributed by atoms with E-state index in [1.165, 1.54) is 18.4 Å². The third-order valence-corrected chi connectivity index (χ3v) is 11.2. The standard InChI is InChI=1S/C42H38N3O5.C8H17.CH3.U.Y/c1-27-18-35-30(14-15-33-19-31(25-44(33)41(35)46)28-10-5-3-6-11-28)21-38(27)49-16-9-17-50-40-23-37-36(22-39(40)48-2)42(47)45-26-32(20-34(45)24-43-37)29-12-7-4-8-13-29;1-5-6-7-8(2,3)4;;;/h4-8,10-13,18,21-26,33-34H,9,14-17,19-20H2,1-2H3;1,5-7H2,2-4H3;1H3;;/q3*-1;;/t33-,34+;;;;/m1..../s1. The van der Waals surface area contributed by atoms with Gasteiger partial charge >= 0.3 is 0 Å². The summed E-state index contributed by atoms with van der Waals surface area (Å²) in [5.41, 5.74) is 8.82. The van der Waals surface area contributed by atoms with Crippen molar-refractivity contribution in [2.45, 2.75) is 91.1 Å². The van der Waals surface area contributed by atoms with Crippen LogP contribution in [-0.4, -0.2) is 60.2 Å². The first-order valence-corrected chi connectivity index (χ1v) is 20.6. The van der Waals surface area contributed by atoms with E-state index in [2.05, 4.69) is 58.0 Å². The van der Waals surface area contributed by atoms with Gasteiger partial charge in [-0.3, -0.25) is 14.6 Å². The van der Waals surface area contributed by atoms with E-state index in [1.807, 2.05) is 72.9 Å². The van der Waals surface area contributed by atoms with Crippen molar-refractivity contribution < 1.29 is 87.6 Å². The first-order chi connectivity index (χ1) is 28.0. The van der Waals surface area contributed by atoms with Gasteiger partial charge in [-0.15, -0.1) is 5.56 Å². The number of amides is 2. The summed E-state index contributed by atoms with van der Waals surface area (Å²) in [6.07, 6.45) is 13.4. The van der Waals surface area contributed by atoms with Crippen LogP contribution in [0.1, 0.15) is 109 Å². The van der Waals surface area contributed by atoms with E-state index >= 15 is 0 Å². The van der Waals surface area contributed by atoms with Crippen LogP contribution >= 0.6 is 0 Å². The van der Waals surface area contributed by atoms with Gasteiger partial charge in [-0.25, -0.2) is 0 Å². The predicted molar refractivity (Wildman–Crippen MR) is 238 cm³/mol. The van der Waals surface area contributed by atoms with E-state index in [1.54, 1.807) is 24.1 Å². The van der Waals surface area contributed by atoms with Crippen molar-refractivity contribution >= 4 is 34.9 Å². The number of carbonyl (C=O) groups excluding carboxylic acids is 2. The average Bonchev–Trinajstić information content (AvgIpc) is 3.81. The number of unbranched alkanes of at least 4 members (excludes halogenated alkanes) is 1. The number of methoxy groups -OCH3 is 1. The largest absolute Gasteiger partial charge is 0.493 e. The summed E-state index contributed by atoms with van der Waals surface area (Å²) in [7, 11) is 1.57. The van der Waals surface area contributed by atoms with Crippen molar-refractivity contribution in [1.29, 1.82) is 0 Å². The van der Waals surface area contributed by atoms with Crippen LogP contribution in [0.15, 0.2) is 96.3 Å². The average molecular weight is 1120 g/mol. The van der Waals surface area contributed by atoms with Gasteiger partial charge in [0.15, 0.2) is 11.5 Å². The molecule has 4 heterocycles. The Morgan fingerprint density at radius 2 is 1.48 bits per heavy atom. The molecule has 4 aromatic carbocycles. The molecule has 2 atom stereocenters. The number of rotatable bonds is 11. The van der Waals surface area contributed by atoms with Gasteiger partial charge in [0, 0.05) is 113 Å². The summed E-state index contributed by atoms with van der Waals surface area (Å²) >= 11 is 0. The van der Waals surface area contributed by atoms with E-state index in [9.17, 15) is 9.59 Å². The number of benzene rings is 4. The molecule has 0 spiro atoms. The molecular weight excluding hydrogens is 1060 g/mol. The van der Waals surface area contributed by atoms with Crippen molar-refractivity contribution in [3.63, 3.8) is 0 Å². The summed E-state index contributed by atoms with van der Waals surface area (Å²) in [5, 5.41) is 0. The van der Waals surface area contributed by atoms with Gasteiger partial charge in [-0.05, 0) is 77.6 Å². The Hall–Kier alpha value is -3.47. The van der Waals surface area contributed by atoms with Crippen molar-refractivity contribution in [1.82, 2.24) is 9.80 Å². The van der Waals surface area contributed by atoms with Gasteiger partial charge in [0.2, 0.25) is 0 Å². The van der Waals surface area contributed by atoms with E-state index in [-0.39, 0.29) is 95.1 Å². The molecule has 0 saturated heterocycles. The molecule has 4 aromatic rings. The summed E-state index contributed by atoms with van der Waals surface area (Å²) < 4.78 is 18.0. The Bertz CT molecular complexity index is 2220. The Morgan fingerprint density at radius 1 is 0.820 bits per heavy atom. The molecule has 8 rings (SSSR count). The second-order valence-corrected chi connectivity index (χ2v) is 16.7. The minimum atomic E-state index is -0.146. The zero-order valence-electron chi connectivity index (χ0n) is 36.6. The third kappa shape index (κ3) is 12.2. The number of hydrogen-bond donors (Lipinski definition) is 0. The number of fused-ring (bicyclic) bond motifs is 4. The molecule has 4 aliphatic rings. The topological polar surface area (TPSA) is 80.7 Å². The van der Waals surface area contributed by atoms with Gasteiger partial charge < -0.3 is 38.4 Å². The van der Waals surface area contributed by atoms with Crippen LogP contribution in [0.4, 0.5) is 5.69 Å². The van der Waals surface area contributed by atoms with Crippen LogP contribution in [0.25, 0.3) is 11.1 Å². The fourth-order valence-corrected chi connectivity index (χ4v) is 7.99. The van der Waals surface area contributed by atoms with E-state index in [4.69, 9.17) is 19.2 Å². The quantitative estimate of drug-likeness (QED) is 0.110. The second kappa shape index (κ2) is 22.7. The number of aryl methyl sites for hydroxylation is 2. The Kier molecular flexibility index (Phi) is 18.7. The summed E-state index contributed by atoms with van der Waals surface area (Å²) in [6, 6.07) is 28.6. The van der Waals surface area contributed by atoms with Crippen LogP contribution in [0.2, 0.25) is 0 Å². The maximum Gasteiger partial charge on any atom is 0.260 e. The third-order valence-electron chi connectivity index (χ3n) is 11.2. The number of nitrogens with zero attached hydrogens (tertiary/aromatic N) is 3.